The average Bonchev–Trinajstić information content (AvgIpc) is 3.47. The molecule has 0 bridgehead atoms. The first kappa shape index (κ1) is 23.3. The second kappa shape index (κ2) is 10.0. The van der Waals surface area contributed by atoms with Crippen molar-refractivity contribution >= 4 is 17.5 Å². The maximum Gasteiger partial charge on any atom is 0.262 e. The normalized spacial score (nSPS) is 18.9. The highest BCUT2D eigenvalue weighted by Gasteiger charge is 2.37. The molecule has 1 aliphatic carbocycles. The van der Waals surface area contributed by atoms with Crippen LogP contribution in [0.4, 0.5) is 4.39 Å². The number of fused-ring (bicyclic) bond motifs is 1. The Morgan fingerprint density at radius 2 is 1.97 bits per heavy atom. The van der Waals surface area contributed by atoms with Crippen LogP contribution < -0.4 is 9.47 Å². The Hall–Kier alpha value is -3.46. The van der Waals surface area contributed by atoms with E-state index in [0.717, 1.165) is 24.8 Å². The molecule has 2 aliphatic heterocycles. The van der Waals surface area contributed by atoms with Gasteiger partial charge in [0.15, 0.2) is 11.5 Å². The van der Waals surface area contributed by atoms with Crippen molar-refractivity contribution in [3.8, 4) is 11.5 Å². The number of carbonyl (C=O) groups excluding carboxylic acids is 2. The van der Waals surface area contributed by atoms with E-state index < -0.39 is 11.9 Å². The summed E-state index contributed by atoms with van der Waals surface area (Å²) < 4.78 is 30.7. The van der Waals surface area contributed by atoms with E-state index in [1.54, 1.807) is 36.3 Å². The van der Waals surface area contributed by atoms with Gasteiger partial charge >= 0.3 is 0 Å². The van der Waals surface area contributed by atoms with Gasteiger partial charge in [0, 0.05) is 31.6 Å². The molecule has 0 saturated heterocycles. The summed E-state index contributed by atoms with van der Waals surface area (Å²) in [4.78, 5) is 28.1. The molecule has 9 heteroatoms. The van der Waals surface area contributed by atoms with Gasteiger partial charge in [-0.25, -0.2) is 9.40 Å². The number of nitrogens with zero attached hydrogens (tertiary/aromatic N) is 3. The van der Waals surface area contributed by atoms with Gasteiger partial charge < -0.3 is 19.1 Å². The van der Waals surface area contributed by atoms with Crippen molar-refractivity contribution in [2.24, 2.45) is 11.0 Å². The summed E-state index contributed by atoms with van der Waals surface area (Å²) in [5.41, 5.74) is 1.63. The van der Waals surface area contributed by atoms with Crippen LogP contribution in [0.2, 0.25) is 0 Å². The first-order valence-corrected chi connectivity index (χ1v) is 11.9. The zero-order valence-electron chi connectivity index (χ0n) is 19.6. The van der Waals surface area contributed by atoms with Crippen LogP contribution in [0.5, 0.6) is 11.5 Å². The van der Waals surface area contributed by atoms with Crippen LogP contribution in [-0.2, 0) is 14.3 Å². The fraction of sp³-hybridized carbons (Fsp3) is 0.423. The van der Waals surface area contributed by atoms with E-state index >= 15 is 0 Å². The van der Waals surface area contributed by atoms with Crippen LogP contribution in [0.15, 0.2) is 47.6 Å². The summed E-state index contributed by atoms with van der Waals surface area (Å²) in [6, 6.07) is 11.4. The second-order valence-electron chi connectivity index (χ2n) is 8.98. The highest BCUT2D eigenvalue weighted by atomic mass is 19.1. The topological polar surface area (TPSA) is 80.7 Å². The summed E-state index contributed by atoms with van der Waals surface area (Å²) in [7, 11) is 1.56. The van der Waals surface area contributed by atoms with Crippen molar-refractivity contribution in [3.05, 3.63) is 59.4 Å². The van der Waals surface area contributed by atoms with Gasteiger partial charge in [0.05, 0.1) is 18.4 Å². The van der Waals surface area contributed by atoms with E-state index in [2.05, 4.69) is 5.10 Å². The molecule has 3 aliphatic rings. The Balaban J connectivity index is 1.43. The van der Waals surface area contributed by atoms with E-state index in [0.29, 0.717) is 42.3 Å². The van der Waals surface area contributed by atoms with Crippen molar-refractivity contribution in [1.82, 2.24) is 9.91 Å². The van der Waals surface area contributed by atoms with Crippen molar-refractivity contribution in [1.29, 1.82) is 0 Å². The number of benzene rings is 2. The van der Waals surface area contributed by atoms with E-state index in [9.17, 15) is 14.0 Å². The zero-order valence-corrected chi connectivity index (χ0v) is 19.6. The van der Waals surface area contributed by atoms with Crippen molar-refractivity contribution in [2.45, 2.75) is 31.7 Å². The number of hydrazone groups is 1. The van der Waals surface area contributed by atoms with Gasteiger partial charge in [-0.15, -0.1) is 0 Å². The van der Waals surface area contributed by atoms with Crippen molar-refractivity contribution < 1.29 is 28.2 Å². The van der Waals surface area contributed by atoms with Gasteiger partial charge in [-0.3, -0.25) is 9.59 Å². The Kier molecular flexibility index (Phi) is 6.68. The molecular weight excluding hydrogens is 453 g/mol. The monoisotopic (exact) mass is 481 g/mol. The molecule has 0 radical (unpaired) electrons. The van der Waals surface area contributed by atoms with Gasteiger partial charge in [0.25, 0.3) is 5.91 Å². The Bertz CT molecular complexity index is 1150. The lowest BCUT2D eigenvalue weighted by atomic mass is 9.84. The number of amides is 2. The van der Waals surface area contributed by atoms with Crippen LogP contribution in [0.1, 0.15) is 42.9 Å². The minimum Gasteiger partial charge on any atom is -0.454 e. The van der Waals surface area contributed by atoms with E-state index in [4.69, 9.17) is 14.2 Å². The Morgan fingerprint density at radius 1 is 1.17 bits per heavy atom. The third-order valence-electron chi connectivity index (χ3n) is 6.79. The maximum atomic E-state index is 14.6. The Morgan fingerprint density at radius 3 is 2.71 bits per heavy atom. The van der Waals surface area contributed by atoms with E-state index in [1.165, 1.54) is 11.1 Å². The van der Waals surface area contributed by atoms with Crippen LogP contribution in [0.25, 0.3) is 0 Å². The first-order valence-electron chi connectivity index (χ1n) is 11.9. The fourth-order valence-electron chi connectivity index (χ4n) is 4.60. The van der Waals surface area contributed by atoms with Crippen molar-refractivity contribution in [3.63, 3.8) is 0 Å². The lowest BCUT2D eigenvalue weighted by molar-refractivity contribution is -0.146. The van der Waals surface area contributed by atoms with E-state index in [1.807, 2.05) is 12.1 Å². The maximum absolute atomic E-state index is 14.6. The molecule has 1 atom stereocenters. The molecule has 0 aromatic heterocycles. The number of ether oxygens (including phenoxy) is 3. The average molecular weight is 482 g/mol. The lowest BCUT2D eigenvalue weighted by Gasteiger charge is -2.32. The van der Waals surface area contributed by atoms with Gasteiger partial charge in [-0.1, -0.05) is 30.7 Å². The van der Waals surface area contributed by atoms with Gasteiger partial charge in [-0.2, -0.15) is 5.10 Å². The summed E-state index contributed by atoms with van der Waals surface area (Å²) in [5, 5.41) is 5.94. The predicted octanol–water partition coefficient (Wildman–Crippen LogP) is 3.51. The largest absolute Gasteiger partial charge is 0.454 e. The molecule has 2 amide bonds. The molecular formula is C26H28FN3O5. The third-order valence-corrected chi connectivity index (χ3v) is 6.79. The standard InChI is InChI=1S/C26H28FN3O5/c1-33-12-11-29(26(32)17-5-4-6-17)15-25(31)30-22(18-9-10-23-24(13-18)35-16-34-23)14-21(28-30)19-7-2-3-8-20(19)27/h2-3,7-10,13,17,22H,4-6,11-12,14-16H2,1H3/t22-/m0/s1. The highest BCUT2D eigenvalue weighted by molar-refractivity contribution is 6.03. The minimum absolute atomic E-state index is 0.0289. The molecule has 0 N–H and O–H groups in total. The molecule has 184 valence electrons. The lowest BCUT2D eigenvalue weighted by Crippen LogP contribution is -2.46. The molecule has 2 aromatic carbocycles. The van der Waals surface area contributed by atoms with Crippen LogP contribution in [0.3, 0.4) is 0 Å². The van der Waals surface area contributed by atoms with Crippen LogP contribution in [0, 0.1) is 11.7 Å². The zero-order chi connectivity index (χ0) is 24.4. The smallest absolute Gasteiger partial charge is 0.262 e. The van der Waals surface area contributed by atoms with Gasteiger partial charge in [0.1, 0.15) is 12.4 Å². The summed E-state index contributed by atoms with van der Waals surface area (Å²) in [5.74, 6) is 0.432. The predicted molar refractivity (Wildman–Crippen MR) is 126 cm³/mol. The quantitative estimate of drug-likeness (QED) is 0.577. The molecule has 1 saturated carbocycles. The van der Waals surface area contributed by atoms with Crippen LogP contribution in [-0.4, -0.2) is 61.0 Å². The summed E-state index contributed by atoms with van der Waals surface area (Å²) in [6.45, 7) is 0.680. The number of hydrogen-bond donors (Lipinski definition) is 0. The molecule has 0 unspecified atom stereocenters. The molecule has 35 heavy (non-hydrogen) atoms. The van der Waals surface area contributed by atoms with E-state index in [-0.39, 0.29) is 31.1 Å². The molecule has 2 heterocycles. The van der Waals surface area contributed by atoms with Crippen molar-refractivity contribution in [2.75, 3.05) is 33.6 Å². The Labute approximate surface area is 203 Å². The van der Waals surface area contributed by atoms with Gasteiger partial charge in [0.2, 0.25) is 12.7 Å². The summed E-state index contributed by atoms with van der Waals surface area (Å²) in [6.07, 6.45) is 3.04. The number of rotatable bonds is 8. The minimum atomic E-state index is -0.463. The molecule has 5 rings (SSSR count). The SMILES string of the molecule is COCCN(CC(=O)N1N=C(c2ccccc2F)C[C@H]1c1ccc2c(c1)OCO2)C(=O)C1CCC1. The third kappa shape index (κ3) is 4.73. The van der Waals surface area contributed by atoms with Crippen LogP contribution >= 0.6 is 0 Å². The summed E-state index contributed by atoms with van der Waals surface area (Å²) >= 11 is 0. The second-order valence-corrected chi connectivity index (χ2v) is 8.98. The number of methoxy groups -OCH3 is 1. The highest BCUT2D eigenvalue weighted by Crippen LogP contribution is 2.39. The molecule has 0 spiro atoms. The molecule has 8 nitrogen and oxygen atoms in total. The first-order chi connectivity index (χ1) is 17.0. The number of hydrogen-bond acceptors (Lipinski definition) is 6. The fourth-order valence-corrected chi connectivity index (χ4v) is 4.60. The number of carbonyl (C=O) groups is 2. The van der Waals surface area contributed by atoms with Gasteiger partial charge in [-0.05, 0) is 36.6 Å². The number of halogens is 1. The molecule has 2 aromatic rings. The molecule has 1 fully saturated rings.